The molecule has 1 aliphatic heterocycles. The molecule has 1 aliphatic rings. The molecule has 10 heavy (non-hydrogen) atoms. The Morgan fingerprint density at radius 1 is 1.60 bits per heavy atom. The smallest absolute Gasteiger partial charge is 0.202 e. The number of nitrogens with one attached hydrogen (secondary N) is 1. The number of nitriles is 2. The van der Waals surface area contributed by atoms with E-state index in [0.29, 0.717) is 0 Å². The summed E-state index contributed by atoms with van der Waals surface area (Å²) in [6, 6.07) is 3.45. The summed E-state index contributed by atoms with van der Waals surface area (Å²) in [5, 5.41) is 18.9. The predicted molar refractivity (Wildman–Crippen MR) is 30.9 cm³/mol. The molecule has 1 unspecified atom stereocenters. The minimum atomic E-state index is -0.658. The van der Waals surface area contributed by atoms with E-state index in [-0.39, 0.29) is 12.1 Å². The van der Waals surface area contributed by atoms with Crippen LogP contribution >= 0.6 is 0 Å². The van der Waals surface area contributed by atoms with Gasteiger partial charge in [-0.25, -0.2) is 0 Å². The van der Waals surface area contributed by atoms with Gasteiger partial charge in [-0.1, -0.05) is 0 Å². The molecule has 4 heteroatoms. The molecule has 1 N–H and O–H groups in total. The van der Waals surface area contributed by atoms with Gasteiger partial charge in [-0.3, -0.25) is 0 Å². The summed E-state index contributed by atoms with van der Waals surface area (Å²) in [6.45, 7) is 0.214. The van der Waals surface area contributed by atoms with Gasteiger partial charge in [-0.05, 0) is 0 Å². The van der Waals surface area contributed by atoms with E-state index in [0.717, 1.165) is 0 Å². The molecule has 1 rings (SSSR count). The Morgan fingerprint density at radius 2 is 2.30 bits per heavy atom. The van der Waals surface area contributed by atoms with Crippen molar-refractivity contribution < 1.29 is 4.39 Å². The van der Waals surface area contributed by atoms with Crippen molar-refractivity contribution in [2.24, 2.45) is 5.92 Å². The van der Waals surface area contributed by atoms with E-state index >= 15 is 0 Å². The van der Waals surface area contributed by atoms with Gasteiger partial charge >= 0.3 is 0 Å². The molecule has 0 fully saturated rings. The van der Waals surface area contributed by atoms with Gasteiger partial charge in [0, 0.05) is 6.54 Å². The Bertz CT molecular complexity index is 255. The molecule has 0 aromatic rings. The first-order chi connectivity index (χ1) is 4.79. The molecule has 0 bridgehead atoms. The zero-order valence-electron chi connectivity index (χ0n) is 5.06. The normalized spacial score (nSPS) is 23.3. The van der Waals surface area contributed by atoms with Gasteiger partial charge in [0.1, 0.15) is 17.6 Å². The summed E-state index contributed by atoms with van der Waals surface area (Å²) in [4.78, 5) is 0. The van der Waals surface area contributed by atoms with Crippen molar-refractivity contribution in [1.29, 1.82) is 10.5 Å². The average molecular weight is 137 g/mol. The fourth-order valence-electron chi connectivity index (χ4n) is 0.779. The van der Waals surface area contributed by atoms with Gasteiger partial charge in [0.05, 0.1) is 6.07 Å². The second kappa shape index (κ2) is 2.36. The molecule has 0 aromatic carbocycles. The maximum atomic E-state index is 12.4. The Labute approximate surface area is 57.4 Å². The lowest BCUT2D eigenvalue weighted by molar-refractivity contribution is 0.568. The van der Waals surface area contributed by atoms with E-state index in [4.69, 9.17) is 10.5 Å². The van der Waals surface area contributed by atoms with Crippen LogP contribution in [-0.4, -0.2) is 6.54 Å². The number of halogens is 1. The molecule has 1 heterocycles. The summed E-state index contributed by atoms with van der Waals surface area (Å²) in [6.07, 6.45) is 0. The van der Waals surface area contributed by atoms with Crippen molar-refractivity contribution in [1.82, 2.24) is 5.32 Å². The summed E-state index contributed by atoms with van der Waals surface area (Å²) in [5.74, 6) is -1.26. The van der Waals surface area contributed by atoms with Crippen molar-refractivity contribution in [2.75, 3.05) is 6.54 Å². The number of hydrogen-bond donors (Lipinski definition) is 1. The summed E-state index contributed by atoms with van der Waals surface area (Å²) >= 11 is 0. The third-order valence-electron chi connectivity index (χ3n) is 1.32. The molecule has 0 aromatic heterocycles. The van der Waals surface area contributed by atoms with E-state index in [1.54, 1.807) is 6.07 Å². The maximum Gasteiger partial charge on any atom is 0.202 e. The lowest BCUT2D eigenvalue weighted by Gasteiger charge is -1.91. The molecule has 0 spiro atoms. The SMILES string of the molecule is N#CC1=C(F)NCC1C#N. The summed E-state index contributed by atoms with van der Waals surface area (Å²) in [5.41, 5.74) is -0.0810. The Morgan fingerprint density at radius 3 is 2.70 bits per heavy atom. The largest absolute Gasteiger partial charge is 0.359 e. The number of hydrogen-bond acceptors (Lipinski definition) is 3. The van der Waals surface area contributed by atoms with Crippen molar-refractivity contribution in [3.63, 3.8) is 0 Å². The standard InChI is InChI=1S/C6H4FN3/c7-6-5(2-9)4(1-8)3-10-6/h4,10H,3H2. The molecule has 3 nitrogen and oxygen atoms in total. The van der Waals surface area contributed by atoms with Gasteiger partial charge < -0.3 is 5.32 Å². The van der Waals surface area contributed by atoms with Crippen molar-refractivity contribution in [3.8, 4) is 12.1 Å². The quantitative estimate of drug-likeness (QED) is 0.492. The molecule has 1 atom stereocenters. The molecule has 50 valence electrons. The van der Waals surface area contributed by atoms with Crippen LogP contribution in [0, 0.1) is 28.6 Å². The number of rotatable bonds is 0. The van der Waals surface area contributed by atoms with Crippen molar-refractivity contribution >= 4 is 0 Å². The lowest BCUT2D eigenvalue weighted by atomic mass is 10.1. The van der Waals surface area contributed by atoms with E-state index in [9.17, 15) is 4.39 Å². The van der Waals surface area contributed by atoms with Crippen molar-refractivity contribution in [2.45, 2.75) is 0 Å². The molecular weight excluding hydrogens is 133 g/mol. The summed E-state index contributed by atoms with van der Waals surface area (Å²) < 4.78 is 12.4. The first-order valence-corrected chi connectivity index (χ1v) is 2.73. The van der Waals surface area contributed by atoms with E-state index in [1.165, 1.54) is 0 Å². The minimum absolute atomic E-state index is 0.0810. The fourth-order valence-corrected chi connectivity index (χ4v) is 0.779. The monoisotopic (exact) mass is 137 g/mol. The Hall–Kier alpha value is -1.55. The van der Waals surface area contributed by atoms with Crippen LogP contribution in [0.1, 0.15) is 0 Å². The van der Waals surface area contributed by atoms with Gasteiger partial charge in [0.25, 0.3) is 0 Å². The van der Waals surface area contributed by atoms with Gasteiger partial charge in [-0.2, -0.15) is 14.9 Å². The van der Waals surface area contributed by atoms with E-state index in [1.807, 2.05) is 6.07 Å². The first-order valence-electron chi connectivity index (χ1n) is 2.73. The second-order valence-electron chi connectivity index (χ2n) is 1.90. The molecular formula is C6H4FN3. The highest BCUT2D eigenvalue weighted by Gasteiger charge is 2.24. The number of nitrogens with zero attached hydrogens (tertiary/aromatic N) is 2. The highest BCUT2D eigenvalue weighted by atomic mass is 19.1. The van der Waals surface area contributed by atoms with Gasteiger partial charge in [0.2, 0.25) is 5.95 Å². The summed E-state index contributed by atoms with van der Waals surface area (Å²) in [7, 11) is 0. The zero-order valence-corrected chi connectivity index (χ0v) is 5.06. The Balaban J connectivity index is 2.92. The molecule has 0 aliphatic carbocycles. The van der Waals surface area contributed by atoms with Crippen LogP contribution in [0.4, 0.5) is 4.39 Å². The third-order valence-corrected chi connectivity index (χ3v) is 1.32. The van der Waals surface area contributed by atoms with Crippen LogP contribution in [0.25, 0.3) is 0 Å². The topological polar surface area (TPSA) is 59.6 Å². The van der Waals surface area contributed by atoms with Crippen molar-refractivity contribution in [3.05, 3.63) is 11.5 Å². The van der Waals surface area contributed by atoms with E-state index in [2.05, 4.69) is 5.32 Å². The van der Waals surface area contributed by atoms with Gasteiger partial charge in [0.15, 0.2) is 0 Å². The van der Waals surface area contributed by atoms with Crippen LogP contribution < -0.4 is 5.32 Å². The highest BCUT2D eigenvalue weighted by molar-refractivity contribution is 5.34. The minimum Gasteiger partial charge on any atom is -0.359 e. The molecule has 0 saturated heterocycles. The fraction of sp³-hybridized carbons (Fsp3) is 0.333. The highest BCUT2D eigenvalue weighted by Crippen LogP contribution is 2.19. The van der Waals surface area contributed by atoms with Crippen LogP contribution in [0.3, 0.4) is 0 Å². The van der Waals surface area contributed by atoms with Crippen LogP contribution in [-0.2, 0) is 0 Å². The molecule has 0 saturated carbocycles. The van der Waals surface area contributed by atoms with Crippen LogP contribution in [0.15, 0.2) is 11.5 Å². The van der Waals surface area contributed by atoms with E-state index < -0.39 is 11.9 Å². The molecule has 0 radical (unpaired) electrons. The average Bonchev–Trinajstić information content (AvgIpc) is 2.30. The third kappa shape index (κ3) is 0.803. The first kappa shape index (κ1) is 6.57. The molecule has 0 amide bonds. The Kier molecular flexibility index (Phi) is 1.55. The van der Waals surface area contributed by atoms with Gasteiger partial charge in [-0.15, -0.1) is 0 Å². The second-order valence-corrected chi connectivity index (χ2v) is 1.90. The lowest BCUT2D eigenvalue weighted by Crippen LogP contribution is -2.09. The van der Waals surface area contributed by atoms with Crippen LogP contribution in [0.5, 0.6) is 0 Å². The zero-order chi connectivity index (χ0) is 7.56. The van der Waals surface area contributed by atoms with Crippen LogP contribution in [0.2, 0.25) is 0 Å². The predicted octanol–water partition coefficient (Wildman–Crippen LogP) is 0.434. The maximum absolute atomic E-state index is 12.4.